The molecule has 1 saturated carbocycles. The maximum absolute atomic E-state index is 11.1. The van der Waals surface area contributed by atoms with Gasteiger partial charge in [0, 0.05) is 25.7 Å². The first-order valence-corrected chi connectivity index (χ1v) is 5.89. The number of carbonyl (C=O) groups is 2. The summed E-state index contributed by atoms with van der Waals surface area (Å²) in [5.41, 5.74) is 0.0274. The maximum atomic E-state index is 11.1. The molecule has 4 heteroatoms. The number of carbonyl (C=O) groups excluding carboxylic acids is 2. The lowest BCUT2D eigenvalue weighted by Crippen LogP contribution is -2.55. The zero-order chi connectivity index (χ0) is 12.8. The van der Waals surface area contributed by atoms with Crippen LogP contribution in [0.5, 0.6) is 0 Å². The van der Waals surface area contributed by atoms with Crippen LogP contribution < -0.4 is 0 Å². The van der Waals surface area contributed by atoms with Crippen molar-refractivity contribution >= 4 is 11.9 Å². The van der Waals surface area contributed by atoms with Crippen molar-refractivity contribution in [1.82, 2.24) is 0 Å². The number of ether oxygens (including phenoxy) is 2. The van der Waals surface area contributed by atoms with Crippen molar-refractivity contribution in [2.75, 3.05) is 0 Å². The molecule has 3 aliphatic rings. The van der Waals surface area contributed by atoms with Crippen LogP contribution in [-0.2, 0) is 19.1 Å². The molecule has 3 rings (SSSR count). The molecule has 0 aromatic carbocycles. The zero-order valence-electron chi connectivity index (χ0n) is 10.6. The van der Waals surface area contributed by atoms with Gasteiger partial charge < -0.3 is 9.47 Å². The lowest BCUT2D eigenvalue weighted by Gasteiger charge is -2.57. The van der Waals surface area contributed by atoms with Crippen LogP contribution in [-0.4, -0.2) is 18.0 Å². The fourth-order valence-corrected chi connectivity index (χ4v) is 2.97. The van der Waals surface area contributed by atoms with Gasteiger partial charge in [-0.2, -0.15) is 0 Å². The van der Waals surface area contributed by atoms with Crippen molar-refractivity contribution in [3.63, 3.8) is 0 Å². The third kappa shape index (κ3) is 1.96. The molecule has 1 fully saturated rings. The van der Waals surface area contributed by atoms with E-state index in [1.54, 1.807) is 6.08 Å². The van der Waals surface area contributed by atoms with Gasteiger partial charge in [-0.05, 0) is 17.9 Å². The van der Waals surface area contributed by atoms with Gasteiger partial charge in [0.2, 0.25) is 0 Å². The Morgan fingerprint density at radius 2 is 1.94 bits per heavy atom. The van der Waals surface area contributed by atoms with E-state index in [1.807, 2.05) is 0 Å². The van der Waals surface area contributed by atoms with Gasteiger partial charge in [0.25, 0.3) is 0 Å². The molecule has 94 valence electrons. The number of hydrogen-bond acceptors (Lipinski definition) is 4. The Balaban J connectivity index is 2.23. The molecule has 3 atom stereocenters. The van der Waals surface area contributed by atoms with Crippen molar-refractivity contribution < 1.29 is 19.1 Å². The summed E-state index contributed by atoms with van der Waals surface area (Å²) in [5, 5.41) is 0. The van der Waals surface area contributed by atoms with Gasteiger partial charge >= 0.3 is 11.9 Å². The second-order valence-electron chi connectivity index (χ2n) is 5.45. The Kier molecular flexibility index (Phi) is 2.76. The van der Waals surface area contributed by atoms with Crippen molar-refractivity contribution in [3.8, 4) is 0 Å². The summed E-state index contributed by atoms with van der Waals surface area (Å²) >= 11 is 0. The summed E-state index contributed by atoms with van der Waals surface area (Å²) in [6, 6.07) is 0. The Morgan fingerprint density at radius 3 is 2.41 bits per heavy atom. The minimum atomic E-state index is -0.320. The predicted molar refractivity (Wildman–Crippen MR) is 60.8 cm³/mol. The molecule has 17 heavy (non-hydrogen) atoms. The first-order valence-electron chi connectivity index (χ1n) is 5.89. The molecule has 0 radical (unpaired) electrons. The molecule has 0 aliphatic heterocycles. The maximum Gasteiger partial charge on any atom is 0.307 e. The van der Waals surface area contributed by atoms with Gasteiger partial charge in [0.1, 0.15) is 11.9 Å². The van der Waals surface area contributed by atoms with E-state index < -0.39 is 0 Å². The Bertz CT molecular complexity index is 394. The topological polar surface area (TPSA) is 52.6 Å². The molecule has 0 N–H and O–H groups in total. The van der Waals surface area contributed by atoms with Crippen molar-refractivity contribution in [1.29, 1.82) is 0 Å². The summed E-state index contributed by atoms with van der Waals surface area (Å²) in [4.78, 5) is 22.1. The highest BCUT2D eigenvalue weighted by atomic mass is 16.6. The summed E-state index contributed by atoms with van der Waals surface area (Å²) in [6.07, 6.45) is 2.44. The fourth-order valence-electron chi connectivity index (χ4n) is 2.97. The van der Waals surface area contributed by atoms with Crippen molar-refractivity contribution in [2.45, 2.75) is 40.2 Å². The van der Waals surface area contributed by atoms with E-state index in [9.17, 15) is 9.59 Å². The van der Waals surface area contributed by atoms with Crippen LogP contribution in [0.3, 0.4) is 0 Å². The molecule has 3 aliphatic carbocycles. The van der Waals surface area contributed by atoms with Gasteiger partial charge in [0.15, 0.2) is 0 Å². The van der Waals surface area contributed by atoms with Crippen LogP contribution in [0.2, 0.25) is 0 Å². The number of rotatable bonds is 2. The highest BCUT2D eigenvalue weighted by molar-refractivity contribution is 5.68. The second kappa shape index (κ2) is 3.86. The molecule has 2 bridgehead atoms. The fraction of sp³-hybridized carbons (Fsp3) is 0.692. The van der Waals surface area contributed by atoms with Crippen molar-refractivity contribution in [2.24, 2.45) is 17.3 Å². The SMILES string of the molecule is CC(=O)OC1=CC(OC(C)=O)C2C[C@@H]1C2(C)C. The van der Waals surface area contributed by atoms with E-state index in [1.165, 1.54) is 13.8 Å². The molecule has 0 spiro atoms. The molecule has 0 aromatic rings. The average molecular weight is 238 g/mol. The lowest BCUT2D eigenvalue weighted by molar-refractivity contribution is -0.164. The summed E-state index contributed by atoms with van der Waals surface area (Å²) in [6.45, 7) is 7.04. The van der Waals surface area contributed by atoms with Gasteiger partial charge in [0.05, 0.1) is 0 Å². The lowest BCUT2D eigenvalue weighted by atomic mass is 9.49. The van der Waals surface area contributed by atoms with Crippen LogP contribution in [0.15, 0.2) is 11.8 Å². The number of esters is 2. The molecule has 0 aromatic heterocycles. The van der Waals surface area contributed by atoms with E-state index in [4.69, 9.17) is 9.47 Å². The van der Waals surface area contributed by atoms with Crippen molar-refractivity contribution in [3.05, 3.63) is 11.8 Å². The second-order valence-corrected chi connectivity index (χ2v) is 5.45. The Labute approximate surface area is 101 Å². The summed E-state index contributed by atoms with van der Waals surface area (Å²) in [5.74, 6) is 0.642. The van der Waals surface area contributed by atoms with E-state index in [0.29, 0.717) is 11.7 Å². The standard InChI is InChI=1S/C13H18O4/c1-7(14)16-11-6-12(17-8(2)15)10-5-9(11)13(10,3)4/h6,9-11H,5H2,1-4H3/t9?,10-,11?/m0/s1. The molecular formula is C13H18O4. The number of hydrogen-bond donors (Lipinski definition) is 0. The van der Waals surface area contributed by atoms with E-state index >= 15 is 0 Å². The smallest absolute Gasteiger partial charge is 0.307 e. The van der Waals surface area contributed by atoms with Crippen LogP contribution in [0, 0.1) is 17.3 Å². The third-order valence-corrected chi connectivity index (χ3v) is 3.98. The number of allylic oxidation sites excluding steroid dienone is 1. The molecule has 4 nitrogen and oxygen atoms in total. The Morgan fingerprint density at radius 1 is 1.29 bits per heavy atom. The highest BCUT2D eigenvalue weighted by Crippen LogP contribution is 2.60. The highest BCUT2D eigenvalue weighted by Gasteiger charge is 2.57. The van der Waals surface area contributed by atoms with E-state index in [-0.39, 0.29) is 29.4 Å². The number of fused-ring (bicyclic) bond motifs is 1. The molecular weight excluding hydrogens is 220 g/mol. The predicted octanol–water partition coefficient (Wildman–Crippen LogP) is 2.04. The minimum Gasteiger partial charge on any atom is -0.458 e. The van der Waals surface area contributed by atoms with Gasteiger partial charge in [-0.25, -0.2) is 0 Å². The summed E-state index contributed by atoms with van der Waals surface area (Å²) < 4.78 is 10.5. The van der Waals surface area contributed by atoms with Gasteiger partial charge in [-0.1, -0.05) is 13.8 Å². The van der Waals surface area contributed by atoms with Crippen LogP contribution in [0.25, 0.3) is 0 Å². The quantitative estimate of drug-likeness (QED) is 0.691. The molecule has 0 saturated heterocycles. The monoisotopic (exact) mass is 238 g/mol. The normalized spacial score (nSPS) is 33.2. The average Bonchev–Trinajstić information content (AvgIpc) is 2.13. The van der Waals surface area contributed by atoms with E-state index in [0.717, 1.165) is 6.42 Å². The zero-order valence-corrected chi connectivity index (χ0v) is 10.6. The van der Waals surface area contributed by atoms with Gasteiger partial charge in [-0.15, -0.1) is 0 Å². The molecule has 2 unspecified atom stereocenters. The first-order chi connectivity index (χ1) is 7.82. The first kappa shape index (κ1) is 12.1. The third-order valence-electron chi connectivity index (χ3n) is 3.98. The Hall–Kier alpha value is -1.32. The van der Waals surface area contributed by atoms with Crippen LogP contribution in [0.4, 0.5) is 0 Å². The minimum absolute atomic E-state index is 0.0274. The largest absolute Gasteiger partial charge is 0.458 e. The molecule has 0 heterocycles. The van der Waals surface area contributed by atoms with Crippen LogP contribution >= 0.6 is 0 Å². The van der Waals surface area contributed by atoms with Gasteiger partial charge in [-0.3, -0.25) is 9.59 Å². The molecule has 0 amide bonds. The van der Waals surface area contributed by atoms with Crippen LogP contribution in [0.1, 0.15) is 34.1 Å². The summed E-state index contributed by atoms with van der Waals surface area (Å²) in [7, 11) is 0. The van der Waals surface area contributed by atoms with E-state index in [2.05, 4.69) is 13.8 Å².